The highest BCUT2D eigenvalue weighted by molar-refractivity contribution is 5.17. The van der Waals surface area contributed by atoms with Gasteiger partial charge < -0.3 is 0 Å². The summed E-state index contributed by atoms with van der Waals surface area (Å²) < 4.78 is 13.5. The van der Waals surface area contributed by atoms with E-state index in [1.54, 1.807) is 12.1 Å². The Labute approximate surface area is 103 Å². The van der Waals surface area contributed by atoms with Crippen LogP contribution in [-0.2, 0) is 6.42 Å². The van der Waals surface area contributed by atoms with Crippen molar-refractivity contribution in [3.8, 4) is 0 Å². The molecular formula is C15H20FN. The van der Waals surface area contributed by atoms with Crippen molar-refractivity contribution in [2.45, 2.75) is 50.6 Å². The number of nitrogens with zero attached hydrogens (tertiary/aromatic N) is 1. The highest BCUT2D eigenvalue weighted by Gasteiger charge is 2.35. The first-order valence-electron chi connectivity index (χ1n) is 6.84. The van der Waals surface area contributed by atoms with E-state index in [4.69, 9.17) is 0 Å². The zero-order chi connectivity index (χ0) is 11.7. The van der Waals surface area contributed by atoms with Crippen LogP contribution in [0.4, 0.5) is 4.39 Å². The molecule has 1 aromatic rings. The van der Waals surface area contributed by atoms with Gasteiger partial charge in [0, 0.05) is 18.6 Å². The Bertz CT molecular complexity index is 374. The molecule has 3 rings (SSSR count). The molecule has 2 aliphatic heterocycles. The molecule has 17 heavy (non-hydrogen) atoms. The van der Waals surface area contributed by atoms with Gasteiger partial charge in [-0.05, 0) is 43.7 Å². The van der Waals surface area contributed by atoms with Gasteiger partial charge >= 0.3 is 0 Å². The molecule has 2 fully saturated rings. The Kier molecular flexibility index (Phi) is 3.15. The van der Waals surface area contributed by atoms with Crippen LogP contribution in [0.5, 0.6) is 0 Å². The molecule has 0 amide bonds. The first-order chi connectivity index (χ1) is 8.34. The van der Waals surface area contributed by atoms with E-state index < -0.39 is 0 Å². The fraction of sp³-hybridized carbons (Fsp3) is 0.600. The van der Waals surface area contributed by atoms with Crippen LogP contribution in [0.2, 0.25) is 0 Å². The van der Waals surface area contributed by atoms with Crippen molar-refractivity contribution in [2.75, 3.05) is 6.54 Å². The lowest BCUT2D eigenvalue weighted by molar-refractivity contribution is 0.142. The van der Waals surface area contributed by atoms with E-state index in [9.17, 15) is 4.39 Å². The molecule has 2 heterocycles. The third-order valence-corrected chi connectivity index (χ3v) is 4.44. The predicted octanol–water partition coefficient (Wildman–Crippen LogP) is 3.39. The number of rotatable bonds is 3. The largest absolute Gasteiger partial charge is 0.297 e. The number of fused-ring (bicyclic) bond motifs is 2. The Morgan fingerprint density at radius 3 is 2.47 bits per heavy atom. The van der Waals surface area contributed by atoms with Gasteiger partial charge in [-0.25, -0.2) is 4.39 Å². The molecule has 1 nitrogen and oxygen atoms in total. The van der Waals surface area contributed by atoms with E-state index in [0.717, 1.165) is 30.6 Å². The zero-order valence-electron chi connectivity index (χ0n) is 10.2. The molecular weight excluding hydrogens is 213 g/mol. The van der Waals surface area contributed by atoms with E-state index in [0.29, 0.717) is 0 Å². The molecule has 2 heteroatoms. The van der Waals surface area contributed by atoms with Crippen LogP contribution in [-0.4, -0.2) is 23.5 Å². The van der Waals surface area contributed by atoms with Gasteiger partial charge in [-0.2, -0.15) is 0 Å². The van der Waals surface area contributed by atoms with Gasteiger partial charge in [0.1, 0.15) is 5.82 Å². The van der Waals surface area contributed by atoms with E-state index in [1.165, 1.54) is 32.1 Å². The van der Waals surface area contributed by atoms with Gasteiger partial charge in [-0.3, -0.25) is 4.90 Å². The second kappa shape index (κ2) is 4.77. The number of hydrogen-bond acceptors (Lipinski definition) is 1. The summed E-state index contributed by atoms with van der Waals surface area (Å²) >= 11 is 0. The van der Waals surface area contributed by atoms with Crippen LogP contribution in [0.1, 0.15) is 37.7 Å². The molecule has 0 saturated carbocycles. The van der Waals surface area contributed by atoms with Crippen molar-refractivity contribution in [2.24, 2.45) is 0 Å². The zero-order valence-corrected chi connectivity index (χ0v) is 10.2. The van der Waals surface area contributed by atoms with Crippen LogP contribution in [0, 0.1) is 5.82 Å². The molecule has 0 radical (unpaired) electrons. The molecule has 92 valence electrons. The van der Waals surface area contributed by atoms with E-state index >= 15 is 0 Å². The third kappa shape index (κ3) is 2.23. The number of benzene rings is 1. The predicted molar refractivity (Wildman–Crippen MR) is 67.5 cm³/mol. The summed E-state index contributed by atoms with van der Waals surface area (Å²) in [6.07, 6.45) is 7.69. The van der Waals surface area contributed by atoms with E-state index in [1.807, 2.05) is 12.1 Å². The Hall–Kier alpha value is -0.890. The standard InChI is InChI=1S/C15H20FN/c16-15-7-2-1-4-12(15)10-11-17-13-5-3-6-14(17)9-8-13/h1-2,4,7,13-14H,3,5-6,8-11H2/t13-,14+. The molecule has 2 aliphatic rings. The average molecular weight is 233 g/mol. The smallest absolute Gasteiger partial charge is 0.126 e. The van der Waals surface area contributed by atoms with Crippen LogP contribution in [0.25, 0.3) is 0 Å². The van der Waals surface area contributed by atoms with Gasteiger partial charge in [-0.1, -0.05) is 24.6 Å². The topological polar surface area (TPSA) is 3.24 Å². The summed E-state index contributed by atoms with van der Waals surface area (Å²) in [7, 11) is 0. The second-order valence-electron chi connectivity index (χ2n) is 5.40. The summed E-state index contributed by atoms with van der Waals surface area (Å²) in [5.41, 5.74) is 0.873. The number of halogens is 1. The Balaban J connectivity index is 1.63. The van der Waals surface area contributed by atoms with Crippen molar-refractivity contribution in [1.29, 1.82) is 0 Å². The summed E-state index contributed by atoms with van der Waals surface area (Å²) in [5.74, 6) is -0.0446. The average Bonchev–Trinajstić information content (AvgIpc) is 2.58. The highest BCUT2D eigenvalue weighted by atomic mass is 19.1. The normalized spacial score (nSPS) is 28.5. The highest BCUT2D eigenvalue weighted by Crippen LogP contribution is 2.35. The molecule has 0 spiro atoms. The number of hydrogen-bond donors (Lipinski definition) is 0. The first kappa shape index (κ1) is 11.2. The lowest BCUT2D eigenvalue weighted by atomic mass is 10.0. The van der Waals surface area contributed by atoms with Crippen LogP contribution in [0.3, 0.4) is 0 Å². The second-order valence-corrected chi connectivity index (χ2v) is 5.40. The maximum Gasteiger partial charge on any atom is 0.126 e. The van der Waals surface area contributed by atoms with Gasteiger partial charge in [0.15, 0.2) is 0 Å². The molecule has 0 aliphatic carbocycles. The summed E-state index contributed by atoms with van der Waals surface area (Å²) in [6.45, 7) is 1.04. The molecule has 0 aromatic heterocycles. The monoisotopic (exact) mass is 233 g/mol. The minimum atomic E-state index is -0.0446. The summed E-state index contributed by atoms with van der Waals surface area (Å²) in [4.78, 5) is 2.63. The van der Waals surface area contributed by atoms with Gasteiger partial charge in [-0.15, -0.1) is 0 Å². The third-order valence-electron chi connectivity index (χ3n) is 4.44. The minimum Gasteiger partial charge on any atom is -0.297 e. The van der Waals surface area contributed by atoms with Gasteiger partial charge in [0.25, 0.3) is 0 Å². The van der Waals surface area contributed by atoms with Crippen LogP contribution < -0.4 is 0 Å². The lowest BCUT2D eigenvalue weighted by Crippen LogP contribution is -2.40. The van der Waals surface area contributed by atoms with Crippen molar-refractivity contribution < 1.29 is 4.39 Å². The molecule has 2 saturated heterocycles. The quantitative estimate of drug-likeness (QED) is 0.773. The fourth-order valence-corrected chi connectivity index (χ4v) is 3.54. The van der Waals surface area contributed by atoms with Crippen LogP contribution in [0.15, 0.2) is 24.3 Å². The first-order valence-corrected chi connectivity index (χ1v) is 6.84. The molecule has 2 bridgehead atoms. The van der Waals surface area contributed by atoms with E-state index in [-0.39, 0.29) is 5.82 Å². The molecule has 0 N–H and O–H groups in total. The summed E-state index contributed by atoms with van der Waals surface area (Å²) in [6, 6.07) is 8.77. The SMILES string of the molecule is Fc1ccccc1CCN1[C@@H]2CCC[C@H]1CC2. The fourth-order valence-electron chi connectivity index (χ4n) is 3.54. The van der Waals surface area contributed by atoms with Gasteiger partial charge in [0.2, 0.25) is 0 Å². The molecule has 2 atom stereocenters. The lowest BCUT2D eigenvalue weighted by Gasteiger charge is -2.34. The van der Waals surface area contributed by atoms with Crippen molar-refractivity contribution in [3.63, 3.8) is 0 Å². The maximum absolute atomic E-state index is 13.5. The van der Waals surface area contributed by atoms with E-state index in [2.05, 4.69) is 4.90 Å². The van der Waals surface area contributed by atoms with Crippen molar-refractivity contribution >= 4 is 0 Å². The Morgan fingerprint density at radius 2 is 1.76 bits per heavy atom. The molecule has 1 aromatic carbocycles. The number of piperidine rings is 1. The van der Waals surface area contributed by atoms with Gasteiger partial charge in [0.05, 0.1) is 0 Å². The van der Waals surface area contributed by atoms with Crippen molar-refractivity contribution in [3.05, 3.63) is 35.6 Å². The van der Waals surface area contributed by atoms with Crippen LogP contribution >= 0.6 is 0 Å². The molecule has 0 unspecified atom stereocenters. The van der Waals surface area contributed by atoms with Crippen molar-refractivity contribution in [1.82, 2.24) is 4.90 Å². The minimum absolute atomic E-state index is 0.0446. The maximum atomic E-state index is 13.5. The Morgan fingerprint density at radius 1 is 1.06 bits per heavy atom. The summed E-state index contributed by atoms with van der Waals surface area (Å²) in [5, 5.41) is 0.